The number of carboxylic acid groups (broad SMARTS) is 1. The van der Waals surface area contributed by atoms with Crippen LogP contribution in [-0.2, 0) is 11.3 Å². The molecule has 126 valence electrons. The number of rotatable bonds is 3. The van der Waals surface area contributed by atoms with E-state index in [4.69, 9.17) is 5.11 Å². The molecule has 2 N–H and O–H groups in total. The zero-order chi connectivity index (χ0) is 17.2. The summed E-state index contributed by atoms with van der Waals surface area (Å²) in [6.45, 7) is 0.999. The van der Waals surface area contributed by atoms with Crippen LogP contribution in [0.2, 0.25) is 0 Å². The topological polar surface area (TPSA) is 69.6 Å². The summed E-state index contributed by atoms with van der Waals surface area (Å²) in [7, 11) is 0. The van der Waals surface area contributed by atoms with Gasteiger partial charge in [-0.2, -0.15) is 13.2 Å². The maximum Gasteiger partial charge on any atom is 0.394 e. The number of nitrogens with zero attached hydrogens (tertiary/aromatic N) is 1. The van der Waals surface area contributed by atoms with Gasteiger partial charge >= 0.3 is 18.2 Å². The van der Waals surface area contributed by atoms with Gasteiger partial charge in [-0.25, -0.2) is 4.79 Å². The molecule has 0 aliphatic carbocycles. The summed E-state index contributed by atoms with van der Waals surface area (Å²) >= 11 is 0. The van der Waals surface area contributed by atoms with Crippen LogP contribution in [0.25, 0.3) is 0 Å². The summed E-state index contributed by atoms with van der Waals surface area (Å²) in [5.74, 6) is -5.20. The second-order valence-corrected chi connectivity index (χ2v) is 5.64. The molecule has 2 rings (SSSR count). The van der Waals surface area contributed by atoms with E-state index in [2.05, 4.69) is 5.32 Å². The van der Waals surface area contributed by atoms with E-state index in [9.17, 15) is 22.8 Å². The van der Waals surface area contributed by atoms with Crippen LogP contribution >= 0.6 is 0 Å². The van der Waals surface area contributed by atoms with Gasteiger partial charge in [0.25, 0.3) is 0 Å². The molecule has 23 heavy (non-hydrogen) atoms. The van der Waals surface area contributed by atoms with E-state index in [1.807, 2.05) is 19.1 Å². The predicted molar refractivity (Wildman–Crippen MR) is 75.7 cm³/mol. The molecule has 1 aliphatic rings. The van der Waals surface area contributed by atoms with Crippen LogP contribution in [0.3, 0.4) is 0 Å². The number of carbonyl (C=O) groups is 2. The molecular weight excluding hydrogens is 313 g/mol. The van der Waals surface area contributed by atoms with Gasteiger partial charge in [-0.1, -0.05) is 29.8 Å². The second kappa shape index (κ2) is 6.47. The lowest BCUT2D eigenvalue weighted by molar-refractivity contribution is -0.187. The SMILES string of the molecule is Cc1ccc(CNC(=O)N2C[C@@H](C(F)(F)F)[C@H](C(=O)O)C2)cc1. The zero-order valence-corrected chi connectivity index (χ0v) is 12.4. The molecule has 0 spiro atoms. The van der Waals surface area contributed by atoms with E-state index >= 15 is 0 Å². The fourth-order valence-electron chi connectivity index (χ4n) is 2.55. The summed E-state index contributed by atoms with van der Waals surface area (Å²) in [5.41, 5.74) is 1.86. The number of nitrogens with one attached hydrogen (secondary N) is 1. The maximum absolute atomic E-state index is 12.9. The van der Waals surface area contributed by atoms with Crippen LogP contribution in [0.15, 0.2) is 24.3 Å². The fourth-order valence-corrected chi connectivity index (χ4v) is 2.55. The highest BCUT2D eigenvalue weighted by atomic mass is 19.4. The van der Waals surface area contributed by atoms with Crippen LogP contribution in [0.5, 0.6) is 0 Å². The van der Waals surface area contributed by atoms with Gasteiger partial charge in [0.2, 0.25) is 0 Å². The Labute approximate surface area is 131 Å². The minimum Gasteiger partial charge on any atom is -0.481 e. The number of alkyl halides is 3. The van der Waals surface area contributed by atoms with Crippen molar-refractivity contribution in [1.82, 2.24) is 10.2 Å². The van der Waals surface area contributed by atoms with Gasteiger partial charge in [0.05, 0.1) is 11.8 Å². The number of carbonyl (C=O) groups excluding carboxylic acids is 1. The summed E-state index contributed by atoms with van der Waals surface area (Å²) in [4.78, 5) is 23.9. The first-order valence-corrected chi connectivity index (χ1v) is 7.06. The molecule has 0 aromatic heterocycles. The molecule has 1 aromatic rings. The quantitative estimate of drug-likeness (QED) is 0.894. The minimum atomic E-state index is -4.64. The molecule has 0 saturated carbocycles. The van der Waals surface area contributed by atoms with Gasteiger partial charge in [-0.05, 0) is 12.5 Å². The number of aliphatic carboxylic acids is 1. The molecule has 1 fully saturated rings. The van der Waals surface area contributed by atoms with E-state index in [0.717, 1.165) is 16.0 Å². The molecule has 2 atom stereocenters. The first kappa shape index (κ1) is 17.1. The molecule has 0 radical (unpaired) electrons. The molecule has 1 heterocycles. The number of halogens is 3. The lowest BCUT2D eigenvalue weighted by atomic mass is 9.96. The summed E-state index contributed by atoms with van der Waals surface area (Å²) in [5, 5.41) is 11.4. The molecular formula is C15H17F3N2O3. The van der Waals surface area contributed by atoms with Crippen LogP contribution in [-0.4, -0.2) is 41.3 Å². The van der Waals surface area contributed by atoms with Gasteiger partial charge < -0.3 is 15.3 Å². The van der Waals surface area contributed by atoms with Gasteiger partial charge in [0.15, 0.2) is 0 Å². The van der Waals surface area contributed by atoms with Gasteiger partial charge in [0, 0.05) is 19.6 Å². The Kier molecular flexibility index (Phi) is 4.82. The third kappa shape index (κ3) is 4.14. The lowest BCUT2D eigenvalue weighted by Gasteiger charge is -2.18. The van der Waals surface area contributed by atoms with E-state index in [0.29, 0.717) is 0 Å². The number of aryl methyl sites for hydroxylation is 1. The van der Waals surface area contributed by atoms with Crippen LogP contribution in [0.4, 0.5) is 18.0 Å². The van der Waals surface area contributed by atoms with Crippen LogP contribution < -0.4 is 5.32 Å². The van der Waals surface area contributed by atoms with Crippen molar-refractivity contribution < 1.29 is 27.9 Å². The van der Waals surface area contributed by atoms with Gasteiger partial charge in [-0.15, -0.1) is 0 Å². The fraction of sp³-hybridized carbons (Fsp3) is 0.467. The van der Waals surface area contributed by atoms with E-state index in [1.54, 1.807) is 12.1 Å². The van der Waals surface area contributed by atoms with Crippen molar-refractivity contribution in [2.45, 2.75) is 19.6 Å². The molecule has 1 aromatic carbocycles. The van der Waals surface area contributed by atoms with Gasteiger partial charge in [0.1, 0.15) is 0 Å². The molecule has 1 aliphatic heterocycles. The Morgan fingerprint density at radius 2 is 1.87 bits per heavy atom. The number of amides is 2. The minimum absolute atomic E-state index is 0.171. The van der Waals surface area contributed by atoms with Crippen molar-refractivity contribution >= 4 is 12.0 Å². The van der Waals surface area contributed by atoms with Crippen molar-refractivity contribution in [1.29, 1.82) is 0 Å². The van der Waals surface area contributed by atoms with Crippen molar-refractivity contribution in [3.63, 3.8) is 0 Å². The van der Waals surface area contributed by atoms with Crippen LogP contribution in [0.1, 0.15) is 11.1 Å². The Balaban J connectivity index is 1.97. The van der Waals surface area contributed by atoms with Crippen LogP contribution in [0, 0.1) is 18.8 Å². The summed E-state index contributed by atoms with van der Waals surface area (Å²) < 4.78 is 38.6. The Morgan fingerprint density at radius 1 is 1.26 bits per heavy atom. The number of benzene rings is 1. The molecule has 5 nitrogen and oxygen atoms in total. The molecule has 8 heteroatoms. The number of hydrogen-bond donors (Lipinski definition) is 2. The third-order valence-corrected chi connectivity index (χ3v) is 3.91. The molecule has 1 saturated heterocycles. The third-order valence-electron chi connectivity index (χ3n) is 3.91. The molecule has 0 unspecified atom stereocenters. The highest BCUT2D eigenvalue weighted by Gasteiger charge is 2.53. The molecule has 2 amide bonds. The number of urea groups is 1. The monoisotopic (exact) mass is 330 g/mol. The average Bonchev–Trinajstić information content (AvgIpc) is 2.92. The Morgan fingerprint density at radius 3 is 2.35 bits per heavy atom. The highest BCUT2D eigenvalue weighted by molar-refractivity contribution is 5.77. The highest BCUT2D eigenvalue weighted by Crippen LogP contribution is 2.37. The summed E-state index contributed by atoms with van der Waals surface area (Å²) in [6, 6.07) is 6.63. The predicted octanol–water partition coefficient (Wildman–Crippen LogP) is 2.40. The summed E-state index contributed by atoms with van der Waals surface area (Å²) in [6.07, 6.45) is -4.64. The number of likely N-dealkylation sites (tertiary alicyclic amines) is 1. The smallest absolute Gasteiger partial charge is 0.394 e. The second-order valence-electron chi connectivity index (χ2n) is 5.64. The van der Waals surface area contributed by atoms with E-state index in [-0.39, 0.29) is 6.54 Å². The van der Waals surface area contributed by atoms with Crippen molar-refractivity contribution in [2.24, 2.45) is 11.8 Å². The van der Waals surface area contributed by atoms with Crippen molar-refractivity contribution in [2.75, 3.05) is 13.1 Å². The van der Waals surface area contributed by atoms with E-state index < -0.39 is 43.1 Å². The molecule has 0 bridgehead atoms. The number of hydrogen-bond acceptors (Lipinski definition) is 2. The maximum atomic E-state index is 12.9. The normalized spacial score (nSPS) is 21.3. The van der Waals surface area contributed by atoms with Crippen molar-refractivity contribution in [3.05, 3.63) is 35.4 Å². The van der Waals surface area contributed by atoms with Crippen molar-refractivity contribution in [3.8, 4) is 0 Å². The standard InChI is InChI=1S/C15H17F3N2O3/c1-9-2-4-10(5-3-9)6-19-14(23)20-7-11(13(21)22)12(8-20)15(16,17)18/h2-5,11-12H,6-8H2,1H3,(H,19,23)(H,21,22)/t11-,12-/m1/s1. The van der Waals surface area contributed by atoms with E-state index in [1.165, 1.54) is 0 Å². The number of carboxylic acids is 1. The zero-order valence-electron chi connectivity index (χ0n) is 12.4. The average molecular weight is 330 g/mol. The largest absolute Gasteiger partial charge is 0.481 e. The van der Waals surface area contributed by atoms with Gasteiger partial charge in [-0.3, -0.25) is 4.79 Å². The first-order valence-electron chi connectivity index (χ1n) is 7.06. The Bertz CT molecular complexity index is 587. The first-order chi connectivity index (χ1) is 10.7. The Hall–Kier alpha value is -2.25. The lowest BCUT2D eigenvalue weighted by Crippen LogP contribution is -2.39.